The second-order valence-corrected chi connectivity index (χ2v) is 19.1. The van der Waals surface area contributed by atoms with Crippen molar-refractivity contribution >= 4 is 38.7 Å². The Balaban J connectivity index is 0.000000292. The summed E-state index contributed by atoms with van der Waals surface area (Å²) < 4.78 is 0. The van der Waals surface area contributed by atoms with E-state index in [0.717, 1.165) is 18.9 Å². The quantitative estimate of drug-likeness (QED) is 0.352. The number of rotatable bonds is 0. The minimum atomic E-state index is 0.198. The summed E-state index contributed by atoms with van der Waals surface area (Å²) in [7, 11) is 0. The molecule has 1 atom stereocenters. The van der Waals surface area contributed by atoms with Crippen molar-refractivity contribution in [1.29, 1.82) is 0 Å². The van der Waals surface area contributed by atoms with Crippen molar-refractivity contribution in [2.75, 3.05) is 0 Å². The predicted octanol–water partition coefficient (Wildman–Crippen LogP) is 2.15. The molecule has 0 aliphatic heterocycles. The van der Waals surface area contributed by atoms with Crippen LogP contribution in [-0.2, 0) is 11.2 Å². The average Bonchev–Trinajstić information content (AvgIpc) is 1.97. The van der Waals surface area contributed by atoms with Gasteiger partial charge in [-0.3, -0.25) is 0 Å². The summed E-state index contributed by atoms with van der Waals surface area (Å²) in [5.41, 5.74) is 11.2. The van der Waals surface area contributed by atoms with Crippen LogP contribution in [0.1, 0.15) is 25.7 Å². The molecular formula is C6H13I2N2Pt-. The van der Waals surface area contributed by atoms with Gasteiger partial charge in [-0.1, -0.05) is 19.3 Å². The third kappa shape index (κ3) is 7.16. The summed E-state index contributed by atoms with van der Waals surface area (Å²) in [6, 6.07) is 1.19. The molecule has 1 fully saturated rings. The molecule has 72 valence electrons. The standard InChI is InChI=1S/C6H13N2.2HI.Pt/c7-5-3-1-2-4-6(5)8;;;/h5H,1-4,7-8H2;2*1H;/q-1;;;+2/p-2. The first kappa shape index (κ1) is 13.1. The molecule has 1 unspecified atom stereocenters. The molecule has 1 saturated carbocycles. The molecule has 0 aromatic rings. The maximum atomic E-state index is 5.62. The van der Waals surface area contributed by atoms with E-state index in [1.54, 1.807) is 0 Å². The molecule has 0 aromatic heterocycles. The summed E-state index contributed by atoms with van der Waals surface area (Å²) in [4.78, 5) is 0. The third-order valence-electron chi connectivity index (χ3n) is 1.71. The van der Waals surface area contributed by atoms with E-state index in [1.807, 2.05) is 0 Å². The average molecular weight is 562 g/mol. The van der Waals surface area contributed by atoms with E-state index < -0.39 is 0 Å². The van der Waals surface area contributed by atoms with Crippen LogP contribution in [0.15, 0.2) is 0 Å². The fourth-order valence-electron chi connectivity index (χ4n) is 1.06. The van der Waals surface area contributed by atoms with Crippen LogP contribution in [0.5, 0.6) is 0 Å². The van der Waals surface area contributed by atoms with Crippen LogP contribution in [-0.4, -0.2) is 6.04 Å². The Morgan fingerprint density at radius 3 is 2.18 bits per heavy atom. The Labute approximate surface area is 97.8 Å². The number of hydrogen-bond donors (Lipinski definition) is 2. The molecule has 1 rings (SSSR count). The minimum absolute atomic E-state index is 0.198. The van der Waals surface area contributed by atoms with Crippen molar-refractivity contribution in [1.82, 2.24) is 0 Å². The van der Waals surface area contributed by atoms with E-state index >= 15 is 0 Å². The Bertz CT molecular complexity index is 84.7. The zero-order valence-corrected chi connectivity index (χ0v) is 12.7. The van der Waals surface area contributed by atoms with Gasteiger partial charge in [0, 0.05) is 0 Å². The fraction of sp³-hybridized carbons (Fsp3) is 0.833. The molecule has 5 heteroatoms. The summed E-state index contributed by atoms with van der Waals surface area (Å²) in [6.07, 6.45) is 4.62. The number of nitrogens with two attached hydrogens (primary N) is 2. The number of hydrogen-bond acceptors (Lipinski definition) is 2. The zero-order chi connectivity index (χ0) is 8.69. The third-order valence-corrected chi connectivity index (χ3v) is 1.71. The van der Waals surface area contributed by atoms with Crippen molar-refractivity contribution in [3.63, 3.8) is 0 Å². The van der Waals surface area contributed by atoms with Gasteiger partial charge in [-0.15, -0.1) is 6.04 Å². The van der Waals surface area contributed by atoms with Crippen LogP contribution in [0.2, 0.25) is 0 Å². The van der Waals surface area contributed by atoms with E-state index in [1.165, 1.54) is 12.8 Å². The first-order valence-electron chi connectivity index (χ1n) is 3.41. The molecule has 0 bridgehead atoms. The van der Waals surface area contributed by atoms with Crippen molar-refractivity contribution in [2.45, 2.75) is 31.7 Å². The van der Waals surface area contributed by atoms with Gasteiger partial charge in [-0.05, 0) is 0 Å². The van der Waals surface area contributed by atoms with Crippen LogP contribution in [0, 0.1) is 6.04 Å². The molecule has 0 heterocycles. The van der Waals surface area contributed by atoms with E-state index in [9.17, 15) is 0 Å². The second-order valence-electron chi connectivity index (χ2n) is 2.47. The van der Waals surface area contributed by atoms with Crippen LogP contribution in [0.4, 0.5) is 0 Å². The van der Waals surface area contributed by atoms with Gasteiger partial charge in [0.25, 0.3) is 0 Å². The van der Waals surface area contributed by atoms with Gasteiger partial charge in [0.2, 0.25) is 0 Å². The molecule has 2 nitrogen and oxygen atoms in total. The van der Waals surface area contributed by atoms with Gasteiger partial charge in [-0.25, -0.2) is 6.04 Å². The van der Waals surface area contributed by atoms with Crippen LogP contribution in [0.3, 0.4) is 0 Å². The van der Waals surface area contributed by atoms with Crippen LogP contribution < -0.4 is 11.5 Å². The van der Waals surface area contributed by atoms with Crippen molar-refractivity contribution < 1.29 is 11.2 Å². The normalized spacial score (nSPS) is 26.0. The van der Waals surface area contributed by atoms with E-state index in [2.05, 4.69) is 38.7 Å². The first-order chi connectivity index (χ1) is 5.22. The molecule has 1 aliphatic carbocycles. The predicted molar refractivity (Wildman–Crippen MR) is 61.9 cm³/mol. The van der Waals surface area contributed by atoms with Gasteiger partial charge in [0.1, 0.15) is 0 Å². The molecular weight excluding hydrogens is 549 g/mol. The van der Waals surface area contributed by atoms with E-state index in [0.29, 0.717) is 11.2 Å². The second kappa shape index (κ2) is 8.66. The summed E-state index contributed by atoms with van der Waals surface area (Å²) in [6.45, 7) is 0. The molecule has 0 saturated heterocycles. The summed E-state index contributed by atoms with van der Waals surface area (Å²) in [5, 5.41) is 0. The Hall–Kier alpha value is 2.07. The fourth-order valence-corrected chi connectivity index (χ4v) is 1.06. The maximum absolute atomic E-state index is 5.62. The first-order valence-corrected chi connectivity index (χ1v) is 16.3. The monoisotopic (exact) mass is 562 g/mol. The summed E-state index contributed by atoms with van der Waals surface area (Å²) >= 11 is 5.30. The van der Waals surface area contributed by atoms with Crippen molar-refractivity contribution in [3.05, 3.63) is 6.04 Å². The SMILES string of the molecule is N[C-]1CCCCC1N.[I][Pt][I]. The van der Waals surface area contributed by atoms with Crippen LogP contribution in [0.25, 0.3) is 0 Å². The van der Waals surface area contributed by atoms with Gasteiger partial charge in [0.05, 0.1) is 0 Å². The van der Waals surface area contributed by atoms with Gasteiger partial charge >= 0.3 is 49.9 Å². The molecule has 0 amide bonds. The van der Waals surface area contributed by atoms with E-state index in [4.69, 9.17) is 11.5 Å². The van der Waals surface area contributed by atoms with Crippen molar-refractivity contribution in [3.8, 4) is 0 Å². The molecule has 4 N–H and O–H groups in total. The van der Waals surface area contributed by atoms with Gasteiger partial charge in [-0.2, -0.15) is 6.42 Å². The molecule has 0 radical (unpaired) electrons. The van der Waals surface area contributed by atoms with E-state index in [-0.39, 0.29) is 6.04 Å². The topological polar surface area (TPSA) is 52.0 Å². The van der Waals surface area contributed by atoms with Crippen LogP contribution >= 0.6 is 38.7 Å². The molecule has 11 heavy (non-hydrogen) atoms. The van der Waals surface area contributed by atoms with Gasteiger partial charge in [0.15, 0.2) is 0 Å². The van der Waals surface area contributed by atoms with Crippen molar-refractivity contribution in [2.24, 2.45) is 11.5 Å². The molecule has 1 aliphatic rings. The van der Waals surface area contributed by atoms with Gasteiger partial charge < -0.3 is 11.5 Å². The Morgan fingerprint density at radius 2 is 1.91 bits per heavy atom. The Kier molecular flexibility index (Phi) is 10.3. The molecule has 0 spiro atoms. The zero-order valence-electron chi connectivity index (χ0n) is 6.13. The Morgan fingerprint density at radius 1 is 1.36 bits per heavy atom. The molecule has 0 aromatic carbocycles. The number of halogens is 2. The summed E-state index contributed by atoms with van der Waals surface area (Å²) in [5.74, 6) is 0.